The summed E-state index contributed by atoms with van der Waals surface area (Å²) in [6, 6.07) is 0. The van der Waals surface area contributed by atoms with Gasteiger partial charge in [-0.1, -0.05) is 13.8 Å². The summed E-state index contributed by atoms with van der Waals surface area (Å²) in [6.45, 7) is 5.89. The third kappa shape index (κ3) is 2.08. The molecule has 0 aliphatic heterocycles. The van der Waals surface area contributed by atoms with Crippen LogP contribution in [0.2, 0.25) is 0 Å². The van der Waals surface area contributed by atoms with Crippen molar-refractivity contribution in [1.82, 2.24) is 14.8 Å². The Hall–Kier alpha value is -1.56. The van der Waals surface area contributed by atoms with E-state index in [1.54, 1.807) is 11.7 Å². The van der Waals surface area contributed by atoms with Gasteiger partial charge in [0.15, 0.2) is 5.65 Å². The van der Waals surface area contributed by atoms with Crippen LogP contribution in [0.15, 0.2) is 11.1 Å². The average molecular weight is 264 g/mol. The summed E-state index contributed by atoms with van der Waals surface area (Å²) in [6.07, 6.45) is 1.35. The SMILES string of the molecule is Cc1nn(C)c2ncc(C(=O)[O-])c(SC(C)C)c12. The zero-order chi connectivity index (χ0) is 13.4. The lowest BCUT2D eigenvalue weighted by molar-refractivity contribution is -0.255. The molecular formula is C12H14N3O2S-. The maximum Gasteiger partial charge on any atom is 0.158 e. The minimum absolute atomic E-state index is 0.136. The van der Waals surface area contributed by atoms with Crippen molar-refractivity contribution in [2.45, 2.75) is 30.9 Å². The number of hydrogen-bond acceptors (Lipinski definition) is 5. The molecule has 2 aromatic heterocycles. The molecule has 0 unspecified atom stereocenters. The molecular weight excluding hydrogens is 250 g/mol. The van der Waals surface area contributed by atoms with Crippen LogP contribution in [0.1, 0.15) is 29.9 Å². The molecule has 0 radical (unpaired) electrons. The molecule has 18 heavy (non-hydrogen) atoms. The van der Waals surface area contributed by atoms with Crippen molar-refractivity contribution in [2.24, 2.45) is 7.05 Å². The van der Waals surface area contributed by atoms with Crippen LogP contribution in [0, 0.1) is 6.92 Å². The number of carbonyl (C=O) groups is 1. The summed E-state index contributed by atoms with van der Waals surface area (Å²) in [5.74, 6) is -1.20. The van der Waals surface area contributed by atoms with Gasteiger partial charge in [-0.3, -0.25) is 4.68 Å². The van der Waals surface area contributed by atoms with Gasteiger partial charge in [-0.15, -0.1) is 11.8 Å². The maximum absolute atomic E-state index is 11.2. The second kappa shape index (κ2) is 4.61. The number of rotatable bonds is 3. The van der Waals surface area contributed by atoms with Gasteiger partial charge in [0.2, 0.25) is 0 Å². The first kappa shape index (κ1) is 12.9. The Balaban J connectivity index is 2.80. The Morgan fingerprint density at radius 3 is 2.72 bits per heavy atom. The van der Waals surface area contributed by atoms with Gasteiger partial charge < -0.3 is 9.90 Å². The molecule has 0 aliphatic rings. The minimum atomic E-state index is -1.20. The van der Waals surface area contributed by atoms with Gasteiger partial charge in [-0.2, -0.15) is 5.10 Å². The number of hydrogen-bond donors (Lipinski definition) is 0. The Morgan fingerprint density at radius 1 is 1.50 bits per heavy atom. The molecule has 0 saturated carbocycles. The molecule has 0 aromatic carbocycles. The van der Waals surface area contributed by atoms with E-state index in [1.807, 2.05) is 20.8 Å². The molecule has 0 saturated heterocycles. The number of carbonyl (C=O) groups excluding carboxylic acids is 1. The molecule has 5 nitrogen and oxygen atoms in total. The van der Waals surface area contributed by atoms with Crippen molar-refractivity contribution >= 4 is 28.8 Å². The van der Waals surface area contributed by atoms with Crippen LogP contribution in [-0.4, -0.2) is 26.0 Å². The highest BCUT2D eigenvalue weighted by atomic mass is 32.2. The predicted octanol–water partition coefficient (Wildman–Crippen LogP) is 1.14. The fourth-order valence-electron chi connectivity index (χ4n) is 1.88. The van der Waals surface area contributed by atoms with Gasteiger partial charge in [-0.25, -0.2) is 4.98 Å². The van der Waals surface area contributed by atoms with Crippen molar-refractivity contribution in [3.8, 4) is 0 Å². The van der Waals surface area contributed by atoms with Crippen molar-refractivity contribution in [3.63, 3.8) is 0 Å². The van der Waals surface area contributed by atoms with Gasteiger partial charge in [0.25, 0.3) is 0 Å². The summed E-state index contributed by atoms with van der Waals surface area (Å²) in [4.78, 5) is 16.0. The standard InChI is InChI=1S/C12H15N3O2S/c1-6(2)18-10-8(12(16)17)5-13-11-9(10)7(3)14-15(11)4/h5-6H,1-4H3,(H,16,17)/p-1. The molecule has 2 aromatic rings. The van der Waals surface area contributed by atoms with E-state index in [1.165, 1.54) is 18.0 Å². The molecule has 2 rings (SSSR count). The lowest BCUT2D eigenvalue weighted by atomic mass is 10.2. The number of fused-ring (bicyclic) bond motifs is 1. The van der Waals surface area contributed by atoms with Gasteiger partial charge in [-0.05, 0) is 6.92 Å². The zero-order valence-corrected chi connectivity index (χ0v) is 11.5. The predicted molar refractivity (Wildman–Crippen MR) is 68.6 cm³/mol. The van der Waals surface area contributed by atoms with E-state index in [0.29, 0.717) is 10.5 Å². The highest BCUT2D eigenvalue weighted by Gasteiger charge is 2.17. The molecule has 6 heteroatoms. The zero-order valence-electron chi connectivity index (χ0n) is 10.7. The Morgan fingerprint density at radius 2 is 2.17 bits per heavy atom. The van der Waals surface area contributed by atoms with Gasteiger partial charge in [0.1, 0.15) is 0 Å². The highest BCUT2D eigenvalue weighted by molar-refractivity contribution is 8.00. The van der Waals surface area contributed by atoms with Crippen molar-refractivity contribution < 1.29 is 9.90 Å². The molecule has 0 aliphatic carbocycles. The van der Waals surface area contributed by atoms with E-state index in [0.717, 1.165) is 11.1 Å². The summed E-state index contributed by atoms with van der Waals surface area (Å²) >= 11 is 1.50. The quantitative estimate of drug-likeness (QED) is 0.777. The number of carboxylic acids is 1. The number of pyridine rings is 1. The van der Waals surface area contributed by atoms with Gasteiger partial charge in [0.05, 0.1) is 17.0 Å². The number of nitrogens with zero attached hydrogens (tertiary/aromatic N) is 3. The van der Waals surface area contributed by atoms with Gasteiger partial charge >= 0.3 is 0 Å². The molecule has 0 N–H and O–H groups in total. The number of aryl methyl sites for hydroxylation is 2. The second-order valence-corrected chi connectivity index (χ2v) is 5.95. The molecule has 0 fully saturated rings. The van der Waals surface area contributed by atoms with Crippen LogP contribution in [0.3, 0.4) is 0 Å². The minimum Gasteiger partial charge on any atom is -0.545 e. The fraction of sp³-hybridized carbons (Fsp3) is 0.417. The van der Waals surface area contributed by atoms with E-state index < -0.39 is 5.97 Å². The van der Waals surface area contributed by atoms with E-state index in [-0.39, 0.29) is 10.8 Å². The monoisotopic (exact) mass is 264 g/mol. The number of thioether (sulfide) groups is 1. The molecule has 0 atom stereocenters. The van der Waals surface area contributed by atoms with Crippen LogP contribution in [-0.2, 0) is 7.05 Å². The van der Waals surface area contributed by atoms with Crippen molar-refractivity contribution in [1.29, 1.82) is 0 Å². The van der Waals surface area contributed by atoms with Crippen LogP contribution in [0.25, 0.3) is 11.0 Å². The Kier molecular flexibility index (Phi) is 3.30. The van der Waals surface area contributed by atoms with Crippen LogP contribution < -0.4 is 5.11 Å². The number of aromatic carboxylic acids is 1. The van der Waals surface area contributed by atoms with Crippen LogP contribution in [0.5, 0.6) is 0 Å². The topological polar surface area (TPSA) is 70.8 Å². The first-order valence-electron chi connectivity index (χ1n) is 5.62. The van der Waals surface area contributed by atoms with E-state index >= 15 is 0 Å². The lowest BCUT2D eigenvalue weighted by Crippen LogP contribution is -2.23. The van der Waals surface area contributed by atoms with Crippen molar-refractivity contribution in [3.05, 3.63) is 17.5 Å². The lowest BCUT2D eigenvalue weighted by Gasteiger charge is -2.13. The fourth-order valence-corrected chi connectivity index (χ4v) is 2.97. The maximum atomic E-state index is 11.2. The molecule has 0 spiro atoms. The van der Waals surface area contributed by atoms with E-state index in [2.05, 4.69) is 10.1 Å². The van der Waals surface area contributed by atoms with E-state index in [4.69, 9.17) is 0 Å². The summed E-state index contributed by atoms with van der Waals surface area (Å²) in [5, 5.41) is 16.5. The third-order valence-electron chi connectivity index (χ3n) is 2.55. The largest absolute Gasteiger partial charge is 0.545 e. The van der Waals surface area contributed by atoms with E-state index in [9.17, 15) is 9.90 Å². The van der Waals surface area contributed by atoms with Crippen LogP contribution in [0.4, 0.5) is 0 Å². The first-order valence-corrected chi connectivity index (χ1v) is 6.50. The molecule has 2 heterocycles. The molecule has 0 bridgehead atoms. The smallest absolute Gasteiger partial charge is 0.158 e. The second-order valence-electron chi connectivity index (χ2n) is 4.36. The van der Waals surface area contributed by atoms with Gasteiger partial charge in [0, 0.05) is 29.0 Å². The summed E-state index contributed by atoms with van der Waals surface area (Å²) in [7, 11) is 1.80. The average Bonchev–Trinajstić information content (AvgIpc) is 2.54. The number of aromatic nitrogens is 3. The molecule has 0 amide bonds. The van der Waals surface area contributed by atoms with Crippen LogP contribution >= 0.6 is 11.8 Å². The third-order valence-corrected chi connectivity index (χ3v) is 3.68. The first-order chi connectivity index (χ1) is 8.41. The normalized spacial score (nSPS) is 11.4. The number of carboxylic acid groups (broad SMARTS) is 1. The highest BCUT2D eigenvalue weighted by Crippen LogP contribution is 2.34. The summed E-state index contributed by atoms with van der Waals surface area (Å²) in [5.41, 5.74) is 1.62. The molecule has 96 valence electrons. The summed E-state index contributed by atoms with van der Waals surface area (Å²) < 4.78 is 1.66. The Labute approximate surface area is 109 Å². The Bertz CT molecular complexity index is 619. The van der Waals surface area contributed by atoms with Crippen molar-refractivity contribution in [2.75, 3.05) is 0 Å².